The van der Waals surface area contributed by atoms with Gasteiger partial charge in [-0.25, -0.2) is 8.78 Å². The van der Waals surface area contributed by atoms with E-state index in [1.807, 2.05) is 13.8 Å². The Labute approximate surface area is 183 Å². The Morgan fingerprint density at radius 3 is 2.30 bits per heavy atom. The molecule has 1 fully saturated rings. The molecular formula is C25H44F2O3. The Balaban J connectivity index is 0.00000141. The molecule has 1 aliphatic heterocycles. The smallest absolute Gasteiger partial charge is 0.196 e. The van der Waals surface area contributed by atoms with Gasteiger partial charge in [-0.1, -0.05) is 40.5 Å². The maximum atomic E-state index is 14.2. The van der Waals surface area contributed by atoms with E-state index in [0.717, 1.165) is 25.9 Å². The Morgan fingerprint density at radius 1 is 1.03 bits per heavy atom. The minimum atomic E-state index is -0.828. The van der Waals surface area contributed by atoms with Gasteiger partial charge in [-0.05, 0) is 62.9 Å². The Bertz CT molecular complexity index is 537. The van der Waals surface area contributed by atoms with Crippen molar-refractivity contribution in [2.45, 2.75) is 105 Å². The zero-order valence-corrected chi connectivity index (χ0v) is 20.1. The predicted molar refractivity (Wildman–Crippen MR) is 120 cm³/mol. The number of hydrogen-bond acceptors (Lipinski definition) is 3. The molecule has 0 N–H and O–H groups in total. The summed E-state index contributed by atoms with van der Waals surface area (Å²) < 4.78 is 45.0. The summed E-state index contributed by atoms with van der Waals surface area (Å²) in [5.41, 5.74) is 0.568. The zero-order valence-electron chi connectivity index (χ0n) is 20.1. The van der Waals surface area contributed by atoms with Crippen molar-refractivity contribution in [2.75, 3.05) is 20.3 Å². The first-order valence-electron chi connectivity index (χ1n) is 11.9. The molecule has 0 saturated carbocycles. The number of halogens is 2. The topological polar surface area (TPSA) is 27.7 Å². The highest BCUT2D eigenvalue weighted by Crippen LogP contribution is 2.37. The SMILES string of the molecule is CCC.CCCC1CCC(COC(C)CCC(C)C2=C(F)C(F)=C(OC)CC2)OC1. The van der Waals surface area contributed by atoms with Crippen LogP contribution in [0.2, 0.25) is 0 Å². The molecule has 30 heavy (non-hydrogen) atoms. The summed E-state index contributed by atoms with van der Waals surface area (Å²) in [5, 5.41) is 0. The van der Waals surface area contributed by atoms with Gasteiger partial charge in [0.05, 0.1) is 25.9 Å². The van der Waals surface area contributed by atoms with Gasteiger partial charge in [-0.2, -0.15) is 0 Å². The first-order chi connectivity index (χ1) is 14.4. The van der Waals surface area contributed by atoms with E-state index in [1.165, 1.54) is 32.8 Å². The second kappa shape index (κ2) is 15.0. The van der Waals surface area contributed by atoms with Crippen LogP contribution < -0.4 is 0 Å². The highest BCUT2D eigenvalue weighted by molar-refractivity contribution is 5.33. The van der Waals surface area contributed by atoms with Gasteiger partial charge in [0.1, 0.15) is 5.76 Å². The van der Waals surface area contributed by atoms with Gasteiger partial charge < -0.3 is 14.2 Å². The standard InChI is InChI=1S/C22H36F2O3.C3H8/c1-5-6-17-9-10-18(27-13-17)14-26-16(3)8-7-15(2)19-11-12-20(25-4)22(24)21(19)23;1-3-2/h15-18H,5-14H2,1-4H3;3H2,1-2H3. The number of hydrogen-bond donors (Lipinski definition) is 0. The van der Waals surface area contributed by atoms with E-state index < -0.39 is 11.7 Å². The monoisotopic (exact) mass is 430 g/mol. The van der Waals surface area contributed by atoms with Crippen LogP contribution in [-0.2, 0) is 14.2 Å². The Morgan fingerprint density at radius 2 is 1.73 bits per heavy atom. The highest BCUT2D eigenvalue weighted by atomic mass is 19.2. The summed E-state index contributed by atoms with van der Waals surface area (Å²) in [6.45, 7) is 12.0. The van der Waals surface area contributed by atoms with Crippen LogP contribution in [-0.4, -0.2) is 32.5 Å². The molecule has 2 rings (SSSR count). The molecule has 1 aliphatic carbocycles. The van der Waals surface area contributed by atoms with E-state index in [1.54, 1.807) is 0 Å². The summed E-state index contributed by atoms with van der Waals surface area (Å²) in [4.78, 5) is 0. The Hall–Kier alpha value is -0.940. The first kappa shape index (κ1) is 27.1. The molecule has 0 radical (unpaired) electrons. The van der Waals surface area contributed by atoms with Crippen LogP contribution in [0.25, 0.3) is 0 Å². The van der Waals surface area contributed by atoms with Crippen molar-refractivity contribution < 1.29 is 23.0 Å². The Kier molecular flexibility index (Phi) is 13.5. The van der Waals surface area contributed by atoms with Crippen molar-refractivity contribution in [1.29, 1.82) is 0 Å². The van der Waals surface area contributed by atoms with Crippen LogP contribution in [0.1, 0.15) is 92.4 Å². The fourth-order valence-electron chi connectivity index (χ4n) is 4.03. The molecular weight excluding hydrogens is 386 g/mol. The van der Waals surface area contributed by atoms with E-state index in [-0.39, 0.29) is 23.9 Å². The second-order valence-corrected chi connectivity index (χ2v) is 8.80. The summed E-state index contributed by atoms with van der Waals surface area (Å²) >= 11 is 0. The van der Waals surface area contributed by atoms with Crippen molar-refractivity contribution in [1.82, 2.24) is 0 Å². The molecule has 1 saturated heterocycles. The summed E-state index contributed by atoms with van der Waals surface area (Å²) in [6, 6.07) is 0. The van der Waals surface area contributed by atoms with Gasteiger partial charge in [0.2, 0.25) is 0 Å². The minimum Gasteiger partial charge on any atom is -0.498 e. The van der Waals surface area contributed by atoms with Crippen LogP contribution in [0.5, 0.6) is 0 Å². The average Bonchev–Trinajstić information content (AvgIpc) is 2.74. The van der Waals surface area contributed by atoms with Crippen LogP contribution in [0, 0.1) is 11.8 Å². The lowest BCUT2D eigenvalue weighted by molar-refractivity contribution is -0.0780. The van der Waals surface area contributed by atoms with Gasteiger partial charge in [-0.15, -0.1) is 0 Å². The van der Waals surface area contributed by atoms with Crippen LogP contribution in [0.4, 0.5) is 8.78 Å². The van der Waals surface area contributed by atoms with E-state index >= 15 is 0 Å². The van der Waals surface area contributed by atoms with Crippen LogP contribution in [0.3, 0.4) is 0 Å². The van der Waals surface area contributed by atoms with Gasteiger partial charge in [0, 0.05) is 13.0 Å². The van der Waals surface area contributed by atoms with Crippen molar-refractivity contribution in [3.8, 4) is 0 Å². The van der Waals surface area contributed by atoms with Crippen molar-refractivity contribution in [3.05, 3.63) is 23.0 Å². The quantitative estimate of drug-likeness (QED) is 0.356. The van der Waals surface area contributed by atoms with Gasteiger partial charge >= 0.3 is 0 Å². The average molecular weight is 431 g/mol. The molecule has 3 nitrogen and oxygen atoms in total. The molecule has 0 bridgehead atoms. The molecule has 5 heteroatoms. The molecule has 0 aromatic rings. The molecule has 2 aliphatic rings. The summed E-state index contributed by atoms with van der Waals surface area (Å²) in [7, 11) is 1.38. The number of allylic oxidation sites excluding steroid dienone is 4. The van der Waals surface area contributed by atoms with Crippen molar-refractivity contribution >= 4 is 0 Å². The molecule has 4 atom stereocenters. The van der Waals surface area contributed by atoms with Gasteiger partial charge in [-0.3, -0.25) is 0 Å². The minimum absolute atomic E-state index is 0.000869. The molecule has 0 spiro atoms. The maximum absolute atomic E-state index is 14.2. The third-order valence-corrected chi connectivity index (χ3v) is 5.92. The zero-order chi connectivity index (χ0) is 22.5. The maximum Gasteiger partial charge on any atom is 0.196 e. The molecule has 0 aromatic heterocycles. The second-order valence-electron chi connectivity index (χ2n) is 8.80. The fraction of sp³-hybridized carbons (Fsp3) is 0.840. The van der Waals surface area contributed by atoms with E-state index in [0.29, 0.717) is 30.9 Å². The predicted octanol–water partition coefficient (Wildman–Crippen LogP) is 7.66. The van der Waals surface area contributed by atoms with E-state index in [2.05, 4.69) is 20.8 Å². The van der Waals surface area contributed by atoms with Crippen LogP contribution >= 0.6 is 0 Å². The van der Waals surface area contributed by atoms with E-state index in [4.69, 9.17) is 14.2 Å². The number of rotatable bonds is 10. The molecule has 0 aromatic carbocycles. The third-order valence-electron chi connectivity index (χ3n) is 5.92. The lowest BCUT2D eigenvalue weighted by Crippen LogP contribution is -2.30. The molecule has 4 unspecified atom stereocenters. The first-order valence-corrected chi connectivity index (χ1v) is 11.9. The van der Waals surface area contributed by atoms with Crippen LogP contribution in [0.15, 0.2) is 23.0 Å². The highest BCUT2D eigenvalue weighted by Gasteiger charge is 2.27. The summed E-state index contributed by atoms with van der Waals surface area (Å²) in [6.07, 6.45) is 8.85. The third kappa shape index (κ3) is 9.05. The fourth-order valence-corrected chi connectivity index (χ4v) is 4.03. The molecule has 0 amide bonds. The van der Waals surface area contributed by atoms with Gasteiger partial charge in [0.25, 0.3) is 0 Å². The van der Waals surface area contributed by atoms with Crippen molar-refractivity contribution in [3.63, 3.8) is 0 Å². The largest absolute Gasteiger partial charge is 0.498 e. The normalized spacial score (nSPS) is 24.3. The summed E-state index contributed by atoms with van der Waals surface area (Å²) in [5.74, 6) is -0.729. The molecule has 176 valence electrons. The lowest BCUT2D eigenvalue weighted by atomic mass is 9.88. The molecule has 1 heterocycles. The van der Waals surface area contributed by atoms with Gasteiger partial charge in [0.15, 0.2) is 11.7 Å². The number of methoxy groups -OCH3 is 1. The van der Waals surface area contributed by atoms with Crippen molar-refractivity contribution in [2.24, 2.45) is 11.8 Å². The van der Waals surface area contributed by atoms with E-state index in [9.17, 15) is 8.78 Å². The number of ether oxygens (including phenoxy) is 3. The lowest BCUT2D eigenvalue weighted by Gasteiger charge is -2.29.